The molecule has 1 saturated heterocycles. The molecule has 0 radical (unpaired) electrons. The summed E-state index contributed by atoms with van der Waals surface area (Å²) in [4.78, 5) is 26.5. The number of halogens is 1. The van der Waals surface area contributed by atoms with Gasteiger partial charge >= 0.3 is 5.97 Å². The molecular weight excluding hydrogens is 392 g/mol. The molecule has 1 aliphatic rings. The van der Waals surface area contributed by atoms with Gasteiger partial charge < -0.3 is 19.7 Å². The van der Waals surface area contributed by atoms with Crippen LogP contribution in [0.1, 0.15) is 24.8 Å². The van der Waals surface area contributed by atoms with Crippen molar-refractivity contribution in [1.29, 1.82) is 0 Å². The van der Waals surface area contributed by atoms with Gasteiger partial charge in [0.05, 0.1) is 13.5 Å². The fourth-order valence-corrected chi connectivity index (χ4v) is 3.54. The predicted molar refractivity (Wildman–Crippen MR) is 114 cm³/mol. The van der Waals surface area contributed by atoms with Crippen molar-refractivity contribution in [3.8, 4) is 5.75 Å². The van der Waals surface area contributed by atoms with Crippen LogP contribution in [0.3, 0.4) is 0 Å². The Balaban J connectivity index is 1.47. The number of nitrogens with one attached hydrogen (secondary N) is 1. The molecule has 0 bridgehead atoms. The second-order valence-corrected chi connectivity index (χ2v) is 7.37. The number of nitrogens with zero attached hydrogens (tertiary/aromatic N) is 1. The Kier molecular flexibility index (Phi) is 7.36. The maximum atomic E-state index is 12.1. The van der Waals surface area contributed by atoms with Gasteiger partial charge in [-0.05, 0) is 61.7 Å². The van der Waals surface area contributed by atoms with Gasteiger partial charge in [0.1, 0.15) is 5.75 Å². The third-order valence-electron chi connectivity index (χ3n) is 4.81. The summed E-state index contributed by atoms with van der Waals surface area (Å²) < 4.78 is 10.3. The quantitative estimate of drug-likeness (QED) is 0.689. The molecule has 0 spiro atoms. The van der Waals surface area contributed by atoms with E-state index in [9.17, 15) is 9.59 Å². The summed E-state index contributed by atoms with van der Waals surface area (Å²) in [6.07, 6.45) is 3.69. The predicted octanol–water partition coefficient (Wildman–Crippen LogP) is 4.06. The number of hydrogen-bond donors (Lipinski definition) is 1. The van der Waals surface area contributed by atoms with Crippen LogP contribution in [0.4, 0.5) is 11.4 Å². The molecule has 6 nitrogen and oxygen atoms in total. The van der Waals surface area contributed by atoms with E-state index in [0.717, 1.165) is 18.8 Å². The number of benzene rings is 2. The number of methoxy groups -OCH3 is 1. The zero-order valence-electron chi connectivity index (χ0n) is 16.4. The van der Waals surface area contributed by atoms with E-state index in [4.69, 9.17) is 21.1 Å². The zero-order chi connectivity index (χ0) is 20.6. The van der Waals surface area contributed by atoms with E-state index in [-0.39, 0.29) is 18.9 Å². The van der Waals surface area contributed by atoms with Crippen molar-refractivity contribution < 1.29 is 19.1 Å². The van der Waals surface area contributed by atoms with Crippen LogP contribution < -0.4 is 15.0 Å². The molecule has 29 heavy (non-hydrogen) atoms. The van der Waals surface area contributed by atoms with Crippen molar-refractivity contribution >= 4 is 34.9 Å². The van der Waals surface area contributed by atoms with Crippen LogP contribution in [0.15, 0.2) is 42.5 Å². The number of piperidine rings is 1. The minimum atomic E-state index is -0.527. The Labute approximate surface area is 175 Å². The first-order valence-electron chi connectivity index (χ1n) is 9.68. The molecule has 2 aromatic rings. The Hall–Kier alpha value is -2.73. The Morgan fingerprint density at radius 2 is 1.79 bits per heavy atom. The highest BCUT2D eigenvalue weighted by Gasteiger charge is 2.14. The zero-order valence-corrected chi connectivity index (χ0v) is 17.2. The fraction of sp³-hybridized carbons (Fsp3) is 0.364. The van der Waals surface area contributed by atoms with Gasteiger partial charge in [-0.1, -0.05) is 11.6 Å². The topological polar surface area (TPSA) is 67.9 Å². The van der Waals surface area contributed by atoms with Crippen molar-refractivity contribution in [2.24, 2.45) is 0 Å². The average molecular weight is 417 g/mol. The lowest BCUT2D eigenvalue weighted by molar-refractivity contribution is -0.146. The number of ether oxygens (including phenoxy) is 2. The van der Waals surface area contributed by atoms with E-state index in [1.54, 1.807) is 18.2 Å². The molecule has 0 aromatic heterocycles. The third kappa shape index (κ3) is 6.12. The monoisotopic (exact) mass is 416 g/mol. The molecule has 1 aliphatic heterocycles. The fourth-order valence-electron chi connectivity index (χ4n) is 3.34. The highest BCUT2D eigenvalue weighted by Crippen LogP contribution is 2.24. The first kappa shape index (κ1) is 21.0. The van der Waals surface area contributed by atoms with E-state index in [2.05, 4.69) is 10.2 Å². The maximum Gasteiger partial charge on any atom is 0.310 e. The molecule has 0 atom stereocenters. The van der Waals surface area contributed by atoms with E-state index >= 15 is 0 Å². The lowest BCUT2D eigenvalue weighted by Gasteiger charge is -2.28. The Bertz CT molecular complexity index is 848. The van der Waals surface area contributed by atoms with Gasteiger partial charge in [0, 0.05) is 35.1 Å². The lowest BCUT2D eigenvalue weighted by atomic mass is 10.1. The van der Waals surface area contributed by atoms with Gasteiger partial charge in [-0.15, -0.1) is 0 Å². The minimum absolute atomic E-state index is 0.0262. The highest BCUT2D eigenvalue weighted by atomic mass is 35.5. The van der Waals surface area contributed by atoms with Crippen molar-refractivity contribution in [3.05, 3.63) is 53.1 Å². The van der Waals surface area contributed by atoms with E-state index in [1.807, 2.05) is 24.3 Å². The summed E-state index contributed by atoms with van der Waals surface area (Å²) in [7, 11) is 1.52. The van der Waals surface area contributed by atoms with Crippen LogP contribution in [0, 0.1) is 0 Å². The molecule has 1 fully saturated rings. The van der Waals surface area contributed by atoms with Crippen LogP contribution >= 0.6 is 11.6 Å². The smallest absolute Gasteiger partial charge is 0.310 e. The molecule has 1 N–H and O–H groups in total. The van der Waals surface area contributed by atoms with Crippen LogP contribution in [0.25, 0.3) is 0 Å². The molecule has 154 valence electrons. The molecule has 2 aromatic carbocycles. The highest BCUT2D eigenvalue weighted by molar-refractivity contribution is 6.30. The van der Waals surface area contributed by atoms with Crippen LogP contribution in [0.2, 0.25) is 5.02 Å². The van der Waals surface area contributed by atoms with Gasteiger partial charge in [-0.3, -0.25) is 9.59 Å². The Morgan fingerprint density at radius 1 is 1.07 bits per heavy atom. The lowest BCUT2D eigenvalue weighted by Crippen LogP contribution is -2.29. The van der Waals surface area contributed by atoms with Crippen LogP contribution in [0.5, 0.6) is 5.75 Å². The largest absolute Gasteiger partial charge is 0.496 e. The second kappa shape index (κ2) is 10.2. The number of hydrogen-bond acceptors (Lipinski definition) is 5. The normalized spacial score (nSPS) is 13.7. The van der Waals surface area contributed by atoms with Gasteiger partial charge in [-0.25, -0.2) is 0 Å². The summed E-state index contributed by atoms with van der Waals surface area (Å²) in [6, 6.07) is 12.7. The van der Waals surface area contributed by atoms with Gasteiger partial charge in [0.15, 0.2) is 6.61 Å². The number of anilines is 2. The summed E-state index contributed by atoms with van der Waals surface area (Å²) in [5, 5.41) is 3.24. The van der Waals surface area contributed by atoms with Gasteiger partial charge in [0.25, 0.3) is 5.91 Å². The number of rotatable bonds is 7. The van der Waals surface area contributed by atoms with E-state index in [1.165, 1.54) is 26.4 Å². The molecule has 1 amide bonds. The van der Waals surface area contributed by atoms with Crippen molar-refractivity contribution in [3.63, 3.8) is 0 Å². The number of amides is 1. The molecule has 0 saturated carbocycles. The third-order valence-corrected chi connectivity index (χ3v) is 5.05. The molecule has 0 aliphatic carbocycles. The molecular formula is C22H25ClN2O4. The van der Waals surface area contributed by atoms with Crippen LogP contribution in [-0.2, 0) is 20.7 Å². The summed E-state index contributed by atoms with van der Waals surface area (Å²) in [5.74, 6) is -0.368. The van der Waals surface area contributed by atoms with Crippen molar-refractivity contribution in [2.45, 2.75) is 25.7 Å². The molecule has 7 heteroatoms. The summed E-state index contributed by atoms with van der Waals surface area (Å²) in [5.41, 5.74) is 2.44. The number of esters is 1. The number of carbonyl (C=O) groups excluding carboxylic acids is 2. The summed E-state index contributed by atoms with van der Waals surface area (Å²) >= 11 is 5.96. The number of carbonyl (C=O) groups is 2. The molecule has 0 unspecified atom stereocenters. The maximum absolute atomic E-state index is 12.1. The van der Waals surface area contributed by atoms with E-state index in [0.29, 0.717) is 22.0 Å². The molecule has 1 heterocycles. The second-order valence-electron chi connectivity index (χ2n) is 6.94. The average Bonchev–Trinajstić information content (AvgIpc) is 2.74. The first-order chi connectivity index (χ1) is 14.0. The Morgan fingerprint density at radius 3 is 2.48 bits per heavy atom. The first-order valence-corrected chi connectivity index (χ1v) is 10.1. The van der Waals surface area contributed by atoms with Crippen molar-refractivity contribution in [2.75, 3.05) is 37.0 Å². The van der Waals surface area contributed by atoms with Crippen molar-refractivity contribution in [1.82, 2.24) is 0 Å². The summed E-state index contributed by atoms with van der Waals surface area (Å²) in [6.45, 7) is 1.79. The van der Waals surface area contributed by atoms with Gasteiger partial charge in [0.2, 0.25) is 0 Å². The van der Waals surface area contributed by atoms with Crippen LogP contribution in [-0.4, -0.2) is 38.7 Å². The van der Waals surface area contributed by atoms with Gasteiger partial charge in [-0.2, -0.15) is 0 Å². The standard InChI is InChI=1S/C22H25ClN2O4/c1-28-20-10-5-17(23)13-16(20)14-22(27)29-15-21(26)24-18-6-8-19(9-7-18)25-11-3-2-4-12-25/h5-10,13H,2-4,11-12,14-15H2,1H3,(H,24,26). The SMILES string of the molecule is COc1ccc(Cl)cc1CC(=O)OCC(=O)Nc1ccc(N2CCCCC2)cc1. The van der Waals surface area contributed by atoms with E-state index < -0.39 is 5.97 Å². The minimum Gasteiger partial charge on any atom is -0.496 e. The molecule has 3 rings (SSSR count).